The van der Waals surface area contributed by atoms with Gasteiger partial charge in [-0.05, 0) is 54.2 Å². The molecule has 0 bridgehead atoms. The zero-order chi connectivity index (χ0) is 27.9. The molecule has 1 atom stereocenters. The average Bonchev–Trinajstić information content (AvgIpc) is 3.01. The monoisotopic (exact) mass is 548 g/mol. The van der Waals surface area contributed by atoms with Gasteiger partial charge in [0.2, 0.25) is 0 Å². The van der Waals surface area contributed by atoms with E-state index < -0.39 is 6.04 Å². The third kappa shape index (κ3) is 7.24. The van der Waals surface area contributed by atoms with Crippen molar-refractivity contribution in [3.8, 4) is 0 Å². The van der Waals surface area contributed by atoms with Gasteiger partial charge < -0.3 is 5.32 Å². The Kier molecular flexibility index (Phi) is 8.74. The molecule has 3 aromatic carbocycles. The van der Waals surface area contributed by atoms with Gasteiger partial charge in [0, 0.05) is 11.8 Å². The molecular weight excluding hydrogens is 506 g/mol. The number of hydrogen-bond acceptors (Lipinski definition) is 2. The van der Waals surface area contributed by atoms with Crippen molar-refractivity contribution in [1.29, 1.82) is 0 Å². The maximum absolute atomic E-state index is 14.0. The highest BCUT2D eigenvalue weighted by Gasteiger charge is 2.28. The molecule has 2 saturated carbocycles. The molecule has 0 radical (unpaired) electrons. The van der Waals surface area contributed by atoms with Gasteiger partial charge in [-0.15, -0.1) is 0 Å². The molecule has 2 fully saturated rings. The summed E-state index contributed by atoms with van der Waals surface area (Å²) in [5.74, 6) is 0.838. The molecule has 2 aliphatic carbocycles. The van der Waals surface area contributed by atoms with E-state index in [9.17, 15) is 4.79 Å². The smallest absolute Gasteiger partial charge is 0.322 e. The van der Waals surface area contributed by atoms with Crippen molar-refractivity contribution in [2.75, 3.05) is 5.32 Å². The van der Waals surface area contributed by atoms with E-state index in [2.05, 4.69) is 68.4 Å². The first-order chi connectivity index (χ1) is 20.2. The molecule has 41 heavy (non-hydrogen) atoms. The highest BCUT2D eigenvalue weighted by atomic mass is 16.2. The number of para-hydroxylation sites is 1. The van der Waals surface area contributed by atoms with Crippen LogP contribution in [0.4, 0.5) is 5.69 Å². The van der Waals surface area contributed by atoms with E-state index >= 15 is 0 Å². The van der Waals surface area contributed by atoms with E-state index in [-0.39, 0.29) is 5.91 Å². The van der Waals surface area contributed by atoms with Crippen molar-refractivity contribution >= 4 is 39.2 Å². The van der Waals surface area contributed by atoms with Gasteiger partial charge >= 0.3 is 5.96 Å². The Morgan fingerprint density at radius 1 is 0.805 bits per heavy atom. The fourth-order valence-corrected chi connectivity index (χ4v) is 6.38. The number of anilines is 1. The quantitative estimate of drug-likeness (QED) is 0.189. The Morgan fingerprint density at radius 3 is 2.32 bits per heavy atom. The molecule has 6 heteroatoms. The molecule has 4 N–H and O–H groups in total. The summed E-state index contributed by atoms with van der Waals surface area (Å²) in [5.41, 5.74) is 2.75. The number of aromatic nitrogens is 1. The first-order valence-corrected chi connectivity index (χ1v) is 15.5. The molecule has 0 spiro atoms. The van der Waals surface area contributed by atoms with Gasteiger partial charge in [-0.3, -0.25) is 25.4 Å². The molecule has 1 heterocycles. The Balaban J connectivity index is 1.28. The third-order valence-corrected chi connectivity index (χ3v) is 8.65. The molecule has 0 unspecified atom stereocenters. The maximum atomic E-state index is 14.0. The topological polar surface area (TPSA) is 80.0 Å². The highest BCUT2D eigenvalue weighted by Crippen LogP contribution is 2.20. The second kappa shape index (κ2) is 13.2. The zero-order valence-electron chi connectivity index (χ0n) is 23.9. The minimum absolute atomic E-state index is 0.0661. The van der Waals surface area contributed by atoms with Crippen LogP contribution in [0.1, 0.15) is 69.8 Å². The SMILES string of the molecule is O=C(Nc1cnc2ccccc2c1)[C@@H](Cc1ccc2ccccc2c1)NC(NC1CCCCC1)=[NH+]C1CCCCC1. The van der Waals surface area contributed by atoms with Crippen molar-refractivity contribution in [2.24, 2.45) is 0 Å². The summed E-state index contributed by atoms with van der Waals surface area (Å²) in [6.45, 7) is 0. The summed E-state index contributed by atoms with van der Waals surface area (Å²) in [4.78, 5) is 22.3. The first kappa shape index (κ1) is 27.3. The van der Waals surface area contributed by atoms with Gasteiger partial charge in [-0.25, -0.2) is 0 Å². The van der Waals surface area contributed by atoms with Gasteiger partial charge in [0.05, 0.1) is 29.5 Å². The largest absolute Gasteiger partial charge is 0.344 e. The van der Waals surface area contributed by atoms with Crippen LogP contribution in [-0.2, 0) is 11.2 Å². The summed E-state index contributed by atoms with van der Waals surface area (Å²) in [7, 11) is 0. The van der Waals surface area contributed by atoms with Gasteiger partial charge in [0.25, 0.3) is 5.91 Å². The van der Waals surface area contributed by atoms with E-state index in [0.717, 1.165) is 22.4 Å². The van der Waals surface area contributed by atoms with Crippen molar-refractivity contribution in [1.82, 2.24) is 15.6 Å². The summed E-state index contributed by atoms with van der Waals surface area (Å²) in [6, 6.07) is 25.3. The second-order valence-electron chi connectivity index (χ2n) is 11.8. The number of nitrogens with zero attached hydrogens (tertiary/aromatic N) is 1. The number of rotatable bonds is 7. The molecular formula is C35H42N5O+. The van der Waals surface area contributed by atoms with Crippen LogP contribution in [0.15, 0.2) is 79.0 Å². The van der Waals surface area contributed by atoms with Crippen LogP contribution in [-0.4, -0.2) is 35.0 Å². The standard InChI is InChI=1S/C35H41N5O/c41-34(37-31-23-28-13-9-10-18-32(28)36-24-31)33(22-25-19-20-26-11-7-8-12-27(26)21-25)40-35(38-29-14-3-1-4-15-29)39-30-16-5-2-6-17-30/h7-13,18-21,23-24,29-30,33H,1-6,14-17,22H2,(H,37,41)(H2,38,39,40)/p+1/t33-/m1/s1. The highest BCUT2D eigenvalue weighted by molar-refractivity contribution is 5.98. The number of amides is 1. The lowest BCUT2D eigenvalue weighted by atomic mass is 9.95. The Morgan fingerprint density at radius 2 is 1.51 bits per heavy atom. The molecule has 0 saturated heterocycles. The molecule has 6 nitrogen and oxygen atoms in total. The van der Waals surface area contributed by atoms with E-state index in [0.29, 0.717) is 24.2 Å². The lowest BCUT2D eigenvalue weighted by Crippen LogP contribution is -2.86. The minimum atomic E-state index is -0.468. The summed E-state index contributed by atoms with van der Waals surface area (Å²) in [6.07, 6.45) is 14.6. The Bertz CT molecular complexity index is 1500. The number of carbonyl (C=O) groups is 1. The third-order valence-electron chi connectivity index (χ3n) is 8.65. The predicted molar refractivity (Wildman–Crippen MR) is 168 cm³/mol. The van der Waals surface area contributed by atoms with E-state index in [1.165, 1.54) is 75.0 Å². The molecule has 1 aromatic heterocycles. The molecule has 212 valence electrons. The van der Waals surface area contributed by atoms with Crippen LogP contribution < -0.4 is 20.9 Å². The van der Waals surface area contributed by atoms with Gasteiger partial charge in [0.1, 0.15) is 0 Å². The van der Waals surface area contributed by atoms with Gasteiger partial charge in [0.15, 0.2) is 6.04 Å². The minimum Gasteiger partial charge on any atom is -0.322 e. The van der Waals surface area contributed by atoms with Crippen molar-refractivity contribution in [3.05, 3.63) is 84.6 Å². The zero-order valence-corrected chi connectivity index (χ0v) is 23.9. The van der Waals surface area contributed by atoms with Crippen LogP contribution in [0.5, 0.6) is 0 Å². The molecule has 1 amide bonds. The fourth-order valence-electron chi connectivity index (χ4n) is 6.38. The first-order valence-electron chi connectivity index (χ1n) is 15.5. The molecule has 4 aromatic rings. The summed E-state index contributed by atoms with van der Waals surface area (Å²) in [5, 5.41) is 14.0. The Labute approximate surface area is 243 Å². The van der Waals surface area contributed by atoms with Crippen molar-refractivity contribution in [3.63, 3.8) is 0 Å². The number of hydrogen-bond donors (Lipinski definition) is 4. The van der Waals surface area contributed by atoms with Crippen LogP contribution in [0, 0.1) is 0 Å². The number of guanidine groups is 1. The van der Waals surface area contributed by atoms with Crippen LogP contribution in [0.25, 0.3) is 21.7 Å². The summed E-state index contributed by atoms with van der Waals surface area (Å²) >= 11 is 0. The van der Waals surface area contributed by atoms with Crippen LogP contribution >= 0.6 is 0 Å². The fraction of sp³-hybridized carbons (Fsp3) is 0.400. The number of pyridine rings is 1. The molecule has 6 rings (SSSR count). The number of benzene rings is 3. The van der Waals surface area contributed by atoms with Gasteiger partial charge in [-0.2, -0.15) is 0 Å². The number of fused-ring (bicyclic) bond motifs is 2. The van der Waals surface area contributed by atoms with Crippen molar-refractivity contribution < 1.29 is 9.79 Å². The Hall–Kier alpha value is -3.93. The van der Waals surface area contributed by atoms with Crippen molar-refractivity contribution in [2.45, 2.75) is 88.8 Å². The second-order valence-corrected chi connectivity index (χ2v) is 11.8. The van der Waals surface area contributed by atoms with Gasteiger partial charge in [-0.1, -0.05) is 99.2 Å². The number of nitrogens with one attached hydrogen (secondary N) is 4. The molecule has 2 aliphatic rings. The lowest BCUT2D eigenvalue weighted by molar-refractivity contribution is -0.512. The van der Waals surface area contributed by atoms with E-state index in [1.54, 1.807) is 6.20 Å². The number of carbonyl (C=O) groups excluding carboxylic acids is 1. The predicted octanol–water partition coefficient (Wildman–Crippen LogP) is 5.22. The van der Waals surface area contributed by atoms with E-state index in [1.807, 2.05) is 30.3 Å². The van der Waals surface area contributed by atoms with E-state index in [4.69, 9.17) is 0 Å². The summed E-state index contributed by atoms with van der Waals surface area (Å²) < 4.78 is 0. The normalized spacial score (nSPS) is 17.8. The lowest BCUT2D eigenvalue weighted by Gasteiger charge is -2.25. The van der Waals surface area contributed by atoms with Crippen LogP contribution in [0.3, 0.4) is 0 Å². The molecule has 0 aliphatic heterocycles. The average molecular weight is 549 g/mol. The van der Waals surface area contributed by atoms with Crippen LogP contribution in [0.2, 0.25) is 0 Å². The maximum Gasteiger partial charge on any atom is 0.344 e.